The lowest BCUT2D eigenvalue weighted by molar-refractivity contribution is 0.101. The summed E-state index contributed by atoms with van der Waals surface area (Å²) in [5.74, 6) is -0.528. The summed E-state index contributed by atoms with van der Waals surface area (Å²) >= 11 is 1.38. The number of amides is 2. The summed E-state index contributed by atoms with van der Waals surface area (Å²) in [6.45, 7) is 0. The van der Waals surface area contributed by atoms with E-state index in [2.05, 4.69) is 33.0 Å². The van der Waals surface area contributed by atoms with Gasteiger partial charge in [-0.15, -0.1) is 10.2 Å². The first-order valence-electron chi connectivity index (χ1n) is 10.3. The third kappa shape index (κ3) is 5.86. The summed E-state index contributed by atoms with van der Waals surface area (Å²) in [4.78, 5) is 25.0. The van der Waals surface area contributed by atoms with E-state index >= 15 is 0 Å². The number of rotatable bonds is 8. The molecule has 2 N–H and O–H groups in total. The first-order valence-corrected chi connectivity index (χ1v) is 11.1. The molecule has 7 heteroatoms. The molecule has 1 heterocycles. The van der Waals surface area contributed by atoms with Crippen molar-refractivity contribution >= 4 is 34.0 Å². The molecule has 160 valence electrons. The Hall–Kier alpha value is -3.84. The molecule has 0 aliphatic heterocycles. The highest BCUT2D eigenvalue weighted by molar-refractivity contribution is 7.15. The van der Waals surface area contributed by atoms with Crippen molar-refractivity contribution in [2.75, 3.05) is 10.6 Å². The molecule has 0 saturated carbocycles. The van der Waals surface area contributed by atoms with Crippen LogP contribution < -0.4 is 10.6 Å². The maximum atomic E-state index is 12.6. The Labute approximate surface area is 190 Å². The van der Waals surface area contributed by atoms with Crippen molar-refractivity contribution < 1.29 is 9.59 Å². The van der Waals surface area contributed by atoms with Gasteiger partial charge in [-0.2, -0.15) is 0 Å². The summed E-state index contributed by atoms with van der Waals surface area (Å²) in [6.07, 6.45) is 2.75. The van der Waals surface area contributed by atoms with E-state index in [0.29, 0.717) is 21.9 Å². The number of anilines is 2. The van der Waals surface area contributed by atoms with E-state index in [9.17, 15) is 9.59 Å². The quantitative estimate of drug-likeness (QED) is 0.392. The summed E-state index contributed by atoms with van der Waals surface area (Å²) in [5, 5.41) is 15.2. The lowest BCUT2D eigenvalue weighted by Gasteiger charge is -2.07. The van der Waals surface area contributed by atoms with Gasteiger partial charge in [0.15, 0.2) is 0 Å². The van der Waals surface area contributed by atoms with Crippen molar-refractivity contribution in [1.29, 1.82) is 0 Å². The van der Waals surface area contributed by atoms with E-state index < -0.39 is 0 Å². The number of carbonyl (C=O) groups excluding carboxylic acids is 2. The van der Waals surface area contributed by atoms with Gasteiger partial charge in [-0.25, -0.2) is 0 Å². The van der Waals surface area contributed by atoms with Crippen LogP contribution in [0.25, 0.3) is 0 Å². The number of aryl methyl sites for hydroxylation is 2. The Morgan fingerprint density at radius 2 is 1.41 bits per heavy atom. The summed E-state index contributed by atoms with van der Waals surface area (Å²) in [6, 6.07) is 26.0. The van der Waals surface area contributed by atoms with Crippen LogP contribution in [0, 0.1) is 0 Å². The molecule has 3 aromatic carbocycles. The first kappa shape index (κ1) is 21.4. The Kier molecular flexibility index (Phi) is 6.99. The molecule has 0 atom stereocenters. The van der Waals surface area contributed by atoms with Crippen molar-refractivity contribution in [3.63, 3.8) is 0 Å². The molecular weight excluding hydrogens is 420 g/mol. The van der Waals surface area contributed by atoms with Gasteiger partial charge in [0.1, 0.15) is 5.01 Å². The van der Waals surface area contributed by atoms with Crippen molar-refractivity contribution in [1.82, 2.24) is 10.2 Å². The van der Waals surface area contributed by atoms with Crippen LogP contribution in [0.4, 0.5) is 10.8 Å². The van der Waals surface area contributed by atoms with E-state index in [1.807, 2.05) is 24.3 Å². The van der Waals surface area contributed by atoms with Gasteiger partial charge in [-0.05, 0) is 48.7 Å². The second-order valence-corrected chi connectivity index (χ2v) is 8.26. The average Bonchev–Trinajstić information content (AvgIpc) is 3.27. The van der Waals surface area contributed by atoms with Crippen molar-refractivity contribution in [3.8, 4) is 0 Å². The van der Waals surface area contributed by atoms with Gasteiger partial charge in [0.25, 0.3) is 11.8 Å². The summed E-state index contributed by atoms with van der Waals surface area (Å²) in [5.41, 5.74) is 2.82. The van der Waals surface area contributed by atoms with E-state index in [1.165, 1.54) is 16.9 Å². The lowest BCUT2D eigenvalue weighted by atomic mass is 10.1. The molecule has 2 amide bonds. The maximum Gasteiger partial charge on any atom is 0.257 e. The highest BCUT2D eigenvalue weighted by Crippen LogP contribution is 2.19. The van der Waals surface area contributed by atoms with Crippen LogP contribution in [0.3, 0.4) is 0 Å². The molecule has 0 spiro atoms. The monoisotopic (exact) mass is 442 g/mol. The van der Waals surface area contributed by atoms with Gasteiger partial charge in [0.05, 0.1) is 0 Å². The molecule has 4 rings (SSSR count). The fraction of sp³-hybridized carbons (Fsp3) is 0.120. The van der Waals surface area contributed by atoms with Crippen LogP contribution in [0.5, 0.6) is 0 Å². The SMILES string of the molecule is O=C(Nc1cccc(C(=O)Nc2nnc(CCCc3ccccc3)s2)c1)c1ccccc1. The first-order chi connectivity index (χ1) is 15.7. The summed E-state index contributed by atoms with van der Waals surface area (Å²) in [7, 11) is 0. The topological polar surface area (TPSA) is 84.0 Å². The van der Waals surface area contributed by atoms with Gasteiger partial charge in [0, 0.05) is 23.2 Å². The molecule has 0 saturated heterocycles. The third-order valence-electron chi connectivity index (χ3n) is 4.80. The molecule has 0 fully saturated rings. The molecule has 6 nitrogen and oxygen atoms in total. The molecule has 4 aromatic rings. The van der Waals surface area contributed by atoms with Crippen LogP contribution in [-0.2, 0) is 12.8 Å². The Bertz CT molecular complexity index is 1190. The van der Waals surface area contributed by atoms with Crippen LogP contribution in [-0.4, -0.2) is 22.0 Å². The average molecular weight is 443 g/mol. The van der Waals surface area contributed by atoms with Gasteiger partial charge >= 0.3 is 0 Å². The summed E-state index contributed by atoms with van der Waals surface area (Å²) < 4.78 is 0. The van der Waals surface area contributed by atoms with Gasteiger partial charge < -0.3 is 5.32 Å². The number of hydrogen-bond acceptors (Lipinski definition) is 5. The van der Waals surface area contributed by atoms with E-state index in [-0.39, 0.29) is 11.8 Å². The highest BCUT2D eigenvalue weighted by Gasteiger charge is 2.12. The molecule has 0 aliphatic rings. The van der Waals surface area contributed by atoms with Gasteiger partial charge in [-0.1, -0.05) is 65.9 Å². The molecule has 1 aromatic heterocycles. The van der Waals surface area contributed by atoms with Crippen LogP contribution in [0.15, 0.2) is 84.9 Å². The van der Waals surface area contributed by atoms with E-state index in [4.69, 9.17) is 0 Å². The number of carbonyl (C=O) groups is 2. The smallest absolute Gasteiger partial charge is 0.257 e. The van der Waals surface area contributed by atoms with Gasteiger partial charge in [-0.3, -0.25) is 14.9 Å². The fourth-order valence-corrected chi connectivity index (χ4v) is 3.97. The zero-order valence-electron chi connectivity index (χ0n) is 17.3. The fourth-order valence-electron chi connectivity index (χ4n) is 3.19. The standard InChI is InChI=1S/C25H22N4O2S/c30-23(19-12-5-2-6-13-19)26-21-15-8-14-20(17-21)24(31)27-25-29-28-22(32-25)16-7-11-18-9-3-1-4-10-18/h1-6,8-10,12-15,17H,7,11,16H2,(H,26,30)(H,27,29,31). The molecule has 0 bridgehead atoms. The van der Waals surface area contributed by atoms with Crippen molar-refractivity contribution in [2.45, 2.75) is 19.3 Å². The second-order valence-electron chi connectivity index (χ2n) is 7.20. The zero-order chi connectivity index (χ0) is 22.2. The zero-order valence-corrected chi connectivity index (χ0v) is 18.1. The molecule has 0 radical (unpaired) electrons. The Morgan fingerprint density at radius 1 is 0.719 bits per heavy atom. The van der Waals surface area contributed by atoms with Crippen molar-refractivity contribution in [3.05, 3.63) is 107 Å². The maximum absolute atomic E-state index is 12.6. The van der Waals surface area contributed by atoms with Crippen LogP contribution in [0.1, 0.15) is 37.7 Å². The minimum atomic E-state index is -0.298. The molecule has 0 aliphatic carbocycles. The number of hydrogen-bond donors (Lipinski definition) is 2. The predicted octanol–water partition coefficient (Wildman–Crippen LogP) is 5.22. The van der Waals surface area contributed by atoms with E-state index in [1.54, 1.807) is 48.5 Å². The van der Waals surface area contributed by atoms with Crippen LogP contribution in [0.2, 0.25) is 0 Å². The Balaban J connectivity index is 1.32. The molecule has 0 unspecified atom stereocenters. The number of benzene rings is 3. The van der Waals surface area contributed by atoms with E-state index in [0.717, 1.165) is 24.3 Å². The number of nitrogens with one attached hydrogen (secondary N) is 2. The Morgan fingerprint density at radius 3 is 2.19 bits per heavy atom. The number of nitrogens with zero attached hydrogens (tertiary/aromatic N) is 2. The predicted molar refractivity (Wildman–Crippen MR) is 127 cm³/mol. The minimum absolute atomic E-state index is 0.229. The molecule has 32 heavy (non-hydrogen) atoms. The van der Waals surface area contributed by atoms with Crippen LogP contribution >= 0.6 is 11.3 Å². The number of aromatic nitrogens is 2. The molecular formula is C25H22N4O2S. The lowest BCUT2D eigenvalue weighted by Crippen LogP contribution is -2.14. The largest absolute Gasteiger partial charge is 0.322 e. The second kappa shape index (κ2) is 10.5. The normalized spacial score (nSPS) is 10.5. The minimum Gasteiger partial charge on any atom is -0.322 e. The third-order valence-corrected chi connectivity index (χ3v) is 5.70. The highest BCUT2D eigenvalue weighted by atomic mass is 32.1. The van der Waals surface area contributed by atoms with Gasteiger partial charge in [0.2, 0.25) is 5.13 Å². The van der Waals surface area contributed by atoms with Crippen molar-refractivity contribution in [2.24, 2.45) is 0 Å².